The average Bonchev–Trinajstić information content (AvgIpc) is 3.18. The minimum atomic E-state index is -0.425. The van der Waals surface area contributed by atoms with Crippen LogP contribution in [0.5, 0.6) is 5.75 Å². The summed E-state index contributed by atoms with van der Waals surface area (Å²) < 4.78 is 5.26. The molecule has 0 saturated heterocycles. The summed E-state index contributed by atoms with van der Waals surface area (Å²) in [5, 5.41) is 11.6. The van der Waals surface area contributed by atoms with E-state index in [2.05, 4.69) is 20.7 Å². The van der Waals surface area contributed by atoms with Crippen LogP contribution in [0.1, 0.15) is 16.1 Å². The number of hydrogen-bond acceptors (Lipinski definition) is 4. The third-order valence-electron chi connectivity index (χ3n) is 3.77. The molecule has 0 aliphatic carbocycles. The number of methoxy groups -OCH3 is 1. The molecule has 142 valence electrons. The smallest absolute Gasteiger partial charge is 0.289 e. The fourth-order valence-corrected chi connectivity index (χ4v) is 2.93. The van der Waals surface area contributed by atoms with E-state index < -0.39 is 5.91 Å². The van der Waals surface area contributed by atoms with Gasteiger partial charge in [0.2, 0.25) is 0 Å². The molecule has 0 atom stereocenters. The summed E-state index contributed by atoms with van der Waals surface area (Å²) in [4.78, 5) is 12.2. The molecule has 0 aliphatic rings. The van der Waals surface area contributed by atoms with Crippen molar-refractivity contribution < 1.29 is 9.53 Å². The van der Waals surface area contributed by atoms with Crippen LogP contribution in [0.2, 0.25) is 10.0 Å². The molecule has 0 spiro atoms. The Morgan fingerprint density at radius 3 is 2.82 bits per heavy atom. The highest BCUT2D eigenvalue weighted by Crippen LogP contribution is 2.29. The average molecular weight is 415 g/mol. The second-order valence-electron chi connectivity index (χ2n) is 5.61. The first-order valence-electron chi connectivity index (χ1n) is 8.22. The van der Waals surface area contributed by atoms with Gasteiger partial charge in [0.05, 0.1) is 17.8 Å². The van der Waals surface area contributed by atoms with Crippen molar-refractivity contribution in [1.82, 2.24) is 15.6 Å². The Bertz CT molecular complexity index is 1040. The molecule has 0 aliphatic heterocycles. The minimum Gasteiger partial charge on any atom is -0.496 e. The number of nitrogens with zero attached hydrogens (tertiary/aromatic N) is 2. The number of aromatic nitrogens is 2. The minimum absolute atomic E-state index is 0.256. The number of nitrogens with one attached hydrogen (secondary N) is 2. The zero-order valence-corrected chi connectivity index (χ0v) is 16.3. The van der Waals surface area contributed by atoms with E-state index in [9.17, 15) is 4.79 Å². The number of amides is 1. The standard InChI is InChI=1S/C20H16Cl2N4O2/c1-28-19-7-3-2-5-13(19)6-4-10-23-26-20(27)18-12-17(24-25-18)15-9-8-14(21)11-16(15)22/h2-12H,1H3,(H,24,25)(H,26,27). The first-order valence-corrected chi connectivity index (χ1v) is 8.98. The van der Waals surface area contributed by atoms with Gasteiger partial charge in [-0.25, -0.2) is 5.43 Å². The van der Waals surface area contributed by atoms with Gasteiger partial charge in [-0.3, -0.25) is 9.89 Å². The molecule has 0 fully saturated rings. The second-order valence-corrected chi connectivity index (χ2v) is 6.45. The highest BCUT2D eigenvalue weighted by atomic mass is 35.5. The third kappa shape index (κ3) is 4.79. The van der Waals surface area contributed by atoms with E-state index in [1.807, 2.05) is 30.3 Å². The molecule has 1 amide bonds. The maximum atomic E-state index is 12.2. The molecular formula is C20H16Cl2N4O2. The number of allylic oxidation sites excluding steroid dienone is 1. The van der Waals surface area contributed by atoms with Gasteiger partial charge < -0.3 is 4.74 Å². The SMILES string of the molecule is COc1ccccc1C=CC=NNC(=O)c1cc(-c2ccc(Cl)cc2Cl)n[nH]1. The normalized spacial score (nSPS) is 11.2. The predicted octanol–water partition coefficient (Wildman–Crippen LogP) is 4.82. The lowest BCUT2D eigenvalue weighted by atomic mass is 10.1. The number of benzene rings is 2. The topological polar surface area (TPSA) is 79.4 Å². The van der Waals surface area contributed by atoms with E-state index in [1.54, 1.807) is 37.5 Å². The molecule has 3 rings (SSSR count). The van der Waals surface area contributed by atoms with E-state index in [-0.39, 0.29) is 5.69 Å². The molecule has 28 heavy (non-hydrogen) atoms. The Balaban J connectivity index is 1.62. The van der Waals surface area contributed by atoms with Crippen molar-refractivity contribution >= 4 is 41.4 Å². The maximum Gasteiger partial charge on any atom is 0.289 e. The van der Waals surface area contributed by atoms with Crippen LogP contribution in [0, 0.1) is 0 Å². The summed E-state index contributed by atoms with van der Waals surface area (Å²) in [7, 11) is 1.61. The molecule has 6 nitrogen and oxygen atoms in total. The fraction of sp³-hybridized carbons (Fsp3) is 0.0500. The van der Waals surface area contributed by atoms with Gasteiger partial charge in [0.15, 0.2) is 0 Å². The second kappa shape index (κ2) is 9.21. The van der Waals surface area contributed by atoms with Gasteiger partial charge in [0, 0.05) is 22.4 Å². The highest BCUT2D eigenvalue weighted by molar-refractivity contribution is 6.36. The Morgan fingerprint density at radius 1 is 1.21 bits per heavy atom. The Morgan fingerprint density at radius 2 is 2.04 bits per heavy atom. The molecule has 1 aromatic heterocycles. The largest absolute Gasteiger partial charge is 0.496 e. The number of halogens is 2. The van der Waals surface area contributed by atoms with E-state index in [4.69, 9.17) is 27.9 Å². The van der Waals surface area contributed by atoms with Gasteiger partial charge in [-0.15, -0.1) is 0 Å². The number of para-hydroxylation sites is 1. The van der Waals surface area contributed by atoms with Gasteiger partial charge in [-0.2, -0.15) is 10.2 Å². The maximum absolute atomic E-state index is 12.2. The van der Waals surface area contributed by atoms with Crippen molar-refractivity contribution in [3.05, 3.63) is 75.9 Å². The lowest BCUT2D eigenvalue weighted by Gasteiger charge is -2.02. The van der Waals surface area contributed by atoms with Crippen LogP contribution < -0.4 is 10.2 Å². The Hall–Kier alpha value is -3.09. The molecule has 0 saturated carbocycles. The zero-order chi connectivity index (χ0) is 19.9. The van der Waals surface area contributed by atoms with Gasteiger partial charge in [0.1, 0.15) is 11.4 Å². The van der Waals surface area contributed by atoms with Crippen LogP contribution in [0.4, 0.5) is 0 Å². The van der Waals surface area contributed by atoms with Gasteiger partial charge in [-0.05, 0) is 42.5 Å². The van der Waals surface area contributed by atoms with Crippen LogP contribution in [0.3, 0.4) is 0 Å². The molecule has 0 bridgehead atoms. The van der Waals surface area contributed by atoms with E-state index in [1.165, 1.54) is 6.21 Å². The van der Waals surface area contributed by atoms with Gasteiger partial charge >= 0.3 is 0 Å². The summed E-state index contributed by atoms with van der Waals surface area (Å²) in [6, 6.07) is 14.2. The van der Waals surface area contributed by atoms with Crippen LogP contribution in [-0.4, -0.2) is 29.4 Å². The van der Waals surface area contributed by atoms with Crippen molar-refractivity contribution in [3.63, 3.8) is 0 Å². The highest BCUT2D eigenvalue weighted by Gasteiger charge is 2.12. The first-order chi connectivity index (χ1) is 13.6. The van der Waals surface area contributed by atoms with Crippen LogP contribution >= 0.6 is 23.2 Å². The van der Waals surface area contributed by atoms with Crippen LogP contribution in [0.15, 0.2) is 59.7 Å². The fourth-order valence-electron chi connectivity index (χ4n) is 2.42. The van der Waals surface area contributed by atoms with Crippen molar-refractivity contribution in [2.45, 2.75) is 0 Å². The lowest BCUT2D eigenvalue weighted by Crippen LogP contribution is -2.17. The molecule has 8 heteroatoms. The predicted molar refractivity (Wildman–Crippen MR) is 112 cm³/mol. The lowest BCUT2D eigenvalue weighted by molar-refractivity contribution is 0.0950. The summed E-state index contributed by atoms with van der Waals surface area (Å²) in [6.45, 7) is 0. The van der Waals surface area contributed by atoms with E-state index in [0.717, 1.165) is 11.3 Å². The molecule has 0 radical (unpaired) electrons. The number of carbonyl (C=O) groups is 1. The molecule has 2 aromatic carbocycles. The van der Waals surface area contributed by atoms with Gasteiger partial charge in [-0.1, -0.05) is 41.4 Å². The van der Waals surface area contributed by atoms with Crippen LogP contribution in [-0.2, 0) is 0 Å². The summed E-state index contributed by atoms with van der Waals surface area (Å²) >= 11 is 12.1. The molecule has 0 unspecified atom stereocenters. The van der Waals surface area contributed by atoms with Crippen molar-refractivity contribution in [2.24, 2.45) is 5.10 Å². The number of H-pyrrole nitrogens is 1. The third-order valence-corrected chi connectivity index (χ3v) is 4.32. The molecule has 1 heterocycles. The molecule has 2 N–H and O–H groups in total. The number of aromatic amines is 1. The Labute approximate surface area is 171 Å². The monoisotopic (exact) mass is 414 g/mol. The van der Waals surface area contributed by atoms with E-state index >= 15 is 0 Å². The van der Waals surface area contributed by atoms with Gasteiger partial charge in [0.25, 0.3) is 5.91 Å². The summed E-state index contributed by atoms with van der Waals surface area (Å²) in [5.74, 6) is 0.327. The number of carbonyl (C=O) groups excluding carboxylic acids is 1. The van der Waals surface area contributed by atoms with E-state index in [0.29, 0.717) is 21.3 Å². The molecule has 3 aromatic rings. The number of ether oxygens (including phenoxy) is 1. The quantitative estimate of drug-likeness (QED) is 0.448. The zero-order valence-electron chi connectivity index (χ0n) is 14.8. The molecular weight excluding hydrogens is 399 g/mol. The summed E-state index contributed by atoms with van der Waals surface area (Å²) in [5.41, 5.74) is 4.79. The number of rotatable bonds is 6. The number of hydrazone groups is 1. The van der Waals surface area contributed by atoms with Crippen molar-refractivity contribution in [3.8, 4) is 17.0 Å². The van der Waals surface area contributed by atoms with Crippen molar-refractivity contribution in [1.29, 1.82) is 0 Å². The first kappa shape index (κ1) is 19.7. The van der Waals surface area contributed by atoms with Crippen LogP contribution in [0.25, 0.3) is 17.3 Å². The Kier molecular flexibility index (Phi) is 6.47. The summed E-state index contributed by atoms with van der Waals surface area (Å²) in [6.07, 6.45) is 4.99. The number of hydrogen-bond donors (Lipinski definition) is 2. The van der Waals surface area contributed by atoms with Crippen molar-refractivity contribution in [2.75, 3.05) is 7.11 Å².